The van der Waals surface area contributed by atoms with Gasteiger partial charge in [-0.15, -0.1) is 0 Å². The van der Waals surface area contributed by atoms with E-state index in [1.165, 1.54) is 89.9 Å². The van der Waals surface area contributed by atoms with Crippen molar-refractivity contribution in [2.24, 2.45) is 0 Å². The maximum atomic E-state index is 13.0. The Hall–Kier alpha value is -2.11. The van der Waals surface area contributed by atoms with Gasteiger partial charge in [-0.2, -0.15) is 0 Å². The van der Waals surface area contributed by atoms with E-state index < -0.39 is 49.5 Å². The molecule has 0 radical (unpaired) electrons. The molecule has 1 amide bonds. The Morgan fingerprint density at radius 3 is 1.61 bits per heavy atom. The normalized spacial score (nSPS) is 21.6. The highest BCUT2D eigenvalue weighted by Crippen LogP contribution is 2.22. The molecule has 330 valence electrons. The van der Waals surface area contributed by atoms with Gasteiger partial charge in [0.25, 0.3) is 0 Å². The third-order valence-corrected chi connectivity index (χ3v) is 10.5. The molecule has 1 aliphatic heterocycles. The zero-order valence-electron chi connectivity index (χ0n) is 36.1. The smallest absolute Gasteiger partial charge is 0.220 e. The van der Waals surface area contributed by atoms with Gasteiger partial charge >= 0.3 is 0 Å². The zero-order chi connectivity index (χ0) is 41.6. The van der Waals surface area contributed by atoms with Crippen LogP contribution in [0.15, 0.2) is 60.8 Å². The van der Waals surface area contributed by atoms with Crippen LogP contribution in [0.2, 0.25) is 0 Å². The summed E-state index contributed by atoms with van der Waals surface area (Å²) < 4.78 is 11.2. The van der Waals surface area contributed by atoms with E-state index in [-0.39, 0.29) is 12.5 Å². The average Bonchev–Trinajstić information content (AvgIpc) is 3.21. The molecule has 6 N–H and O–H groups in total. The molecule has 0 aliphatic carbocycles. The number of carbonyl (C=O) groups is 1. The number of hydrogen-bond acceptors (Lipinski definition) is 8. The van der Waals surface area contributed by atoms with Crippen molar-refractivity contribution in [1.29, 1.82) is 0 Å². The van der Waals surface area contributed by atoms with Crippen LogP contribution >= 0.6 is 0 Å². The fourth-order valence-electron chi connectivity index (χ4n) is 6.80. The first-order valence-electron chi connectivity index (χ1n) is 23.0. The summed E-state index contributed by atoms with van der Waals surface area (Å²) in [5.74, 6) is -0.199. The van der Waals surface area contributed by atoms with E-state index in [1.807, 2.05) is 6.08 Å². The second kappa shape index (κ2) is 38.1. The van der Waals surface area contributed by atoms with E-state index in [4.69, 9.17) is 9.47 Å². The molecular formula is C48H85NO8. The lowest BCUT2D eigenvalue weighted by atomic mass is 9.99. The SMILES string of the molecule is CCCCC/C=C\C/C=C\CCCCCCCCCCCC(=O)NC(COC1OC(CO)C(O)C(O)C1O)C(O)/C=C/CC/C=C/CC/C=C/CCCCCCC. The largest absolute Gasteiger partial charge is 0.394 e. The lowest BCUT2D eigenvalue weighted by Crippen LogP contribution is -2.60. The molecule has 0 aromatic heterocycles. The molecule has 0 spiro atoms. The fourth-order valence-corrected chi connectivity index (χ4v) is 6.80. The summed E-state index contributed by atoms with van der Waals surface area (Å²) in [5.41, 5.74) is 0. The molecule has 7 atom stereocenters. The van der Waals surface area contributed by atoms with Crippen molar-refractivity contribution < 1.29 is 39.8 Å². The van der Waals surface area contributed by atoms with E-state index >= 15 is 0 Å². The summed E-state index contributed by atoms with van der Waals surface area (Å²) in [6.45, 7) is 3.69. The molecule has 7 unspecified atom stereocenters. The summed E-state index contributed by atoms with van der Waals surface area (Å²) in [6, 6.07) is -0.831. The number of nitrogens with one attached hydrogen (secondary N) is 1. The number of rotatable bonds is 37. The monoisotopic (exact) mass is 804 g/mol. The Morgan fingerprint density at radius 2 is 1.05 bits per heavy atom. The van der Waals surface area contributed by atoms with Crippen molar-refractivity contribution in [1.82, 2.24) is 5.32 Å². The van der Waals surface area contributed by atoms with Crippen LogP contribution in [0.25, 0.3) is 0 Å². The lowest BCUT2D eigenvalue weighted by molar-refractivity contribution is -0.302. The number of aliphatic hydroxyl groups excluding tert-OH is 5. The predicted molar refractivity (Wildman–Crippen MR) is 235 cm³/mol. The minimum Gasteiger partial charge on any atom is -0.394 e. The molecule has 0 aromatic rings. The van der Waals surface area contributed by atoms with Gasteiger partial charge in [0, 0.05) is 6.42 Å². The summed E-state index contributed by atoms with van der Waals surface area (Å²) in [7, 11) is 0. The number of amides is 1. The van der Waals surface area contributed by atoms with Crippen LogP contribution in [-0.2, 0) is 14.3 Å². The fraction of sp³-hybridized carbons (Fsp3) is 0.771. The first-order valence-corrected chi connectivity index (χ1v) is 23.0. The van der Waals surface area contributed by atoms with Crippen LogP contribution in [0.5, 0.6) is 0 Å². The van der Waals surface area contributed by atoms with Gasteiger partial charge in [0.15, 0.2) is 6.29 Å². The van der Waals surface area contributed by atoms with E-state index in [0.29, 0.717) is 6.42 Å². The van der Waals surface area contributed by atoms with Gasteiger partial charge in [0.2, 0.25) is 5.91 Å². The minimum absolute atomic E-state index is 0.199. The number of carbonyl (C=O) groups excluding carboxylic acids is 1. The molecule has 1 fully saturated rings. The molecule has 9 heteroatoms. The van der Waals surface area contributed by atoms with E-state index in [2.05, 4.69) is 67.8 Å². The highest BCUT2D eigenvalue weighted by Gasteiger charge is 2.44. The number of allylic oxidation sites excluding steroid dienone is 9. The molecule has 0 saturated carbocycles. The highest BCUT2D eigenvalue weighted by molar-refractivity contribution is 5.76. The van der Waals surface area contributed by atoms with Crippen molar-refractivity contribution in [2.75, 3.05) is 13.2 Å². The third kappa shape index (κ3) is 28.9. The van der Waals surface area contributed by atoms with Crippen molar-refractivity contribution >= 4 is 5.91 Å². The van der Waals surface area contributed by atoms with Gasteiger partial charge in [-0.05, 0) is 77.0 Å². The van der Waals surface area contributed by atoms with Gasteiger partial charge < -0.3 is 40.3 Å². The Labute approximate surface area is 347 Å². The molecule has 0 bridgehead atoms. The maximum Gasteiger partial charge on any atom is 0.220 e. The van der Waals surface area contributed by atoms with E-state index in [9.17, 15) is 30.3 Å². The molecule has 1 saturated heterocycles. The maximum absolute atomic E-state index is 13.0. The van der Waals surface area contributed by atoms with Crippen LogP contribution in [0.1, 0.15) is 181 Å². The average molecular weight is 804 g/mol. The second-order valence-electron chi connectivity index (χ2n) is 15.8. The predicted octanol–water partition coefficient (Wildman–Crippen LogP) is 9.61. The quantitative estimate of drug-likeness (QED) is 0.0269. The summed E-state index contributed by atoms with van der Waals surface area (Å²) in [5, 5.41) is 54.1. The topological polar surface area (TPSA) is 149 Å². The highest BCUT2D eigenvalue weighted by atomic mass is 16.7. The Bertz CT molecular complexity index is 1070. The second-order valence-corrected chi connectivity index (χ2v) is 15.8. The lowest BCUT2D eigenvalue weighted by Gasteiger charge is -2.40. The van der Waals surface area contributed by atoms with Gasteiger partial charge in [-0.25, -0.2) is 0 Å². The number of ether oxygens (including phenoxy) is 2. The molecule has 1 aliphatic rings. The van der Waals surface area contributed by atoms with E-state index in [0.717, 1.165) is 70.6 Å². The van der Waals surface area contributed by atoms with Gasteiger partial charge in [0.1, 0.15) is 24.4 Å². The van der Waals surface area contributed by atoms with Crippen molar-refractivity contribution in [2.45, 2.75) is 224 Å². The van der Waals surface area contributed by atoms with Crippen molar-refractivity contribution in [3.63, 3.8) is 0 Å². The van der Waals surface area contributed by atoms with Gasteiger partial charge in [0.05, 0.1) is 25.4 Å². The number of aliphatic hydroxyl groups is 5. The van der Waals surface area contributed by atoms with E-state index in [1.54, 1.807) is 6.08 Å². The first-order chi connectivity index (χ1) is 27.8. The molecule has 1 heterocycles. The molecule has 0 aromatic carbocycles. The summed E-state index contributed by atoms with van der Waals surface area (Å²) in [4.78, 5) is 13.0. The van der Waals surface area contributed by atoms with Crippen LogP contribution in [-0.4, -0.2) is 87.5 Å². The zero-order valence-corrected chi connectivity index (χ0v) is 36.1. The van der Waals surface area contributed by atoms with Gasteiger partial charge in [-0.3, -0.25) is 4.79 Å². The Kier molecular flexibility index (Phi) is 35.4. The Balaban J connectivity index is 2.39. The van der Waals surface area contributed by atoms with Crippen molar-refractivity contribution in [3.05, 3.63) is 60.8 Å². The molecule has 9 nitrogen and oxygen atoms in total. The van der Waals surface area contributed by atoms with Crippen LogP contribution < -0.4 is 5.32 Å². The summed E-state index contributed by atoms with van der Waals surface area (Å²) in [6.07, 6.45) is 42.6. The molecule has 1 rings (SSSR count). The minimum atomic E-state index is -1.58. The van der Waals surface area contributed by atoms with Crippen LogP contribution in [0.3, 0.4) is 0 Å². The Morgan fingerprint density at radius 1 is 0.596 bits per heavy atom. The van der Waals surface area contributed by atoms with Gasteiger partial charge in [-0.1, -0.05) is 158 Å². The van der Waals surface area contributed by atoms with Crippen molar-refractivity contribution in [3.8, 4) is 0 Å². The number of hydrogen-bond donors (Lipinski definition) is 6. The van der Waals surface area contributed by atoms with Crippen LogP contribution in [0, 0.1) is 0 Å². The number of unbranched alkanes of at least 4 members (excludes halogenated alkanes) is 19. The standard InChI is InChI=1S/C48H85NO8/c1-3-5-7-9-11-13-15-17-19-20-21-22-24-26-28-30-32-34-36-38-44(52)49-41(40-56-48-47(55)46(54)45(53)43(39-50)57-48)42(51)37-35-33-31-29-27-25-23-18-16-14-12-10-8-6-4-2/h11,13,16-19,27,29,35,37,41-43,45-48,50-51,53-55H,3-10,12,14-15,20-26,28,30-34,36,38-40H2,1-2H3,(H,49,52)/b13-11-,18-16+,19-17-,29-27+,37-35+. The van der Waals surface area contributed by atoms with Crippen LogP contribution in [0.4, 0.5) is 0 Å². The molecular weight excluding hydrogens is 719 g/mol. The molecule has 57 heavy (non-hydrogen) atoms. The summed E-state index contributed by atoms with van der Waals surface area (Å²) >= 11 is 0. The third-order valence-electron chi connectivity index (χ3n) is 10.5. The first kappa shape index (κ1) is 52.9.